The van der Waals surface area contributed by atoms with Gasteiger partial charge in [-0.3, -0.25) is 0 Å². The highest BCUT2D eigenvalue weighted by molar-refractivity contribution is 6.31. The summed E-state index contributed by atoms with van der Waals surface area (Å²) >= 11 is 6.16. The maximum absolute atomic E-state index is 6.16. The molecule has 0 saturated heterocycles. The molecule has 1 unspecified atom stereocenters. The molecule has 0 spiro atoms. The van der Waals surface area contributed by atoms with Gasteiger partial charge >= 0.3 is 0 Å². The molecule has 1 atom stereocenters. The van der Waals surface area contributed by atoms with E-state index in [1.54, 1.807) is 10.9 Å². The summed E-state index contributed by atoms with van der Waals surface area (Å²) < 4.78 is 1.69. The number of hydrogen-bond donors (Lipinski definition) is 1. The van der Waals surface area contributed by atoms with Gasteiger partial charge in [0.1, 0.15) is 0 Å². The largest absolute Gasteiger partial charge is 0.306 e. The molecule has 94 valence electrons. The number of nitrogens with one attached hydrogen (secondary N) is 1. The van der Waals surface area contributed by atoms with Crippen molar-refractivity contribution in [3.63, 3.8) is 0 Å². The van der Waals surface area contributed by atoms with Crippen LogP contribution in [0, 0.1) is 0 Å². The molecule has 1 aromatic carbocycles. The average molecular weight is 262 g/mol. The summed E-state index contributed by atoms with van der Waals surface area (Å²) in [5.41, 5.74) is 2.23. The molecule has 0 aliphatic heterocycles. The topological polar surface area (TPSA) is 29.9 Å². The fourth-order valence-electron chi connectivity index (χ4n) is 1.78. The van der Waals surface area contributed by atoms with Crippen molar-refractivity contribution in [1.29, 1.82) is 0 Å². The van der Waals surface area contributed by atoms with Crippen LogP contribution in [-0.4, -0.2) is 9.78 Å². The molecule has 0 saturated carbocycles. The zero-order valence-corrected chi connectivity index (χ0v) is 11.1. The van der Waals surface area contributed by atoms with Crippen molar-refractivity contribution in [1.82, 2.24) is 15.1 Å². The van der Waals surface area contributed by atoms with E-state index in [1.165, 1.54) is 0 Å². The lowest BCUT2D eigenvalue weighted by atomic mass is 10.1. The van der Waals surface area contributed by atoms with Crippen LogP contribution in [0.4, 0.5) is 0 Å². The number of aromatic nitrogens is 2. The van der Waals surface area contributed by atoms with Gasteiger partial charge in [0.05, 0.1) is 6.20 Å². The molecule has 1 N–H and O–H groups in total. The SMILES string of the molecule is C=Cn1cc(CNC(C)c2ccccc2Cl)cn1. The summed E-state index contributed by atoms with van der Waals surface area (Å²) in [7, 11) is 0. The van der Waals surface area contributed by atoms with Crippen molar-refractivity contribution in [3.8, 4) is 0 Å². The van der Waals surface area contributed by atoms with Gasteiger partial charge in [-0.05, 0) is 18.6 Å². The van der Waals surface area contributed by atoms with Crippen LogP contribution in [-0.2, 0) is 6.54 Å². The second-order valence-corrected chi connectivity index (χ2v) is 4.54. The number of hydrogen-bond acceptors (Lipinski definition) is 2. The second-order valence-electron chi connectivity index (χ2n) is 4.14. The average Bonchev–Trinajstić information content (AvgIpc) is 2.84. The van der Waals surface area contributed by atoms with Crippen molar-refractivity contribution in [3.05, 3.63) is 59.4 Å². The highest BCUT2D eigenvalue weighted by atomic mass is 35.5. The van der Waals surface area contributed by atoms with Crippen molar-refractivity contribution >= 4 is 17.8 Å². The Morgan fingerprint density at radius 1 is 1.50 bits per heavy atom. The van der Waals surface area contributed by atoms with Crippen LogP contribution < -0.4 is 5.32 Å². The zero-order valence-electron chi connectivity index (χ0n) is 10.3. The molecule has 4 heteroatoms. The molecule has 0 bridgehead atoms. The Kier molecular flexibility index (Phi) is 4.18. The first-order chi connectivity index (χ1) is 8.70. The Morgan fingerprint density at radius 3 is 2.94 bits per heavy atom. The van der Waals surface area contributed by atoms with E-state index in [9.17, 15) is 0 Å². The van der Waals surface area contributed by atoms with Crippen LogP contribution in [0.5, 0.6) is 0 Å². The number of nitrogens with zero attached hydrogens (tertiary/aromatic N) is 2. The van der Waals surface area contributed by atoms with Gasteiger partial charge in [-0.2, -0.15) is 5.10 Å². The minimum Gasteiger partial charge on any atom is -0.306 e. The molecule has 0 amide bonds. The first-order valence-electron chi connectivity index (χ1n) is 5.84. The predicted octanol–water partition coefficient (Wildman–Crippen LogP) is 3.49. The number of benzene rings is 1. The fraction of sp³-hybridized carbons (Fsp3) is 0.214. The van der Waals surface area contributed by atoms with E-state index in [1.807, 2.05) is 36.7 Å². The molecule has 2 rings (SSSR count). The van der Waals surface area contributed by atoms with Crippen LogP contribution in [0.15, 0.2) is 43.2 Å². The normalized spacial score (nSPS) is 12.3. The molecule has 1 aromatic heterocycles. The Morgan fingerprint density at radius 2 is 2.28 bits per heavy atom. The first-order valence-corrected chi connectivity index (χ1v) is 6.22. The highest BCUT2D eigenvalue weighted by Gasteiger charge is 2.08. The quantitative estimate of drug-likeness (QED) is 0.893. The van der Waals surface area contributed by atoms with Crippen molar-refractivity contribution in [2.45, 2.75) is 19.5 Å². The van der Waals surface area contributed by atoms with Gasteiger partial charge < -0.3 is 5.32 Å². The maximum atomic E-state index is 6.16. The maximum Gasteiger partial charge on any atom is 0.0538 e. The molecule has 2 aromatic rings. The molecular formula is C14H16ClN3. The second kappa shape index (κ2) is 5.85. The molecule has 0 aliphatic carbocycles. The first kappa shape index (κ1) is 12.9. The summed E-state index contributed by atoms with van der Waals surface area (Å²) in [5, 5.41) is 8.35. The number of rotatable bonds is 5. The molecule has 0 radical (unpaired) electrons. The minimum atomic E-state index is 0.200. The smallest absolute Gasteiger partial charge is 0.0538 e. The van der Waals surface area contributed by atoms with Gasteiger partial charge in [-0.1, -0.05) is 36.4 Å². The molecule has 0 aliphatic rings. The Bertz CT molecular complexity index is 533. The summed E-state index contributed by atoms with van der Waals surface area (Å²) in [6.45, 7) is 6.51. The van der Waals surface area contributed by atoms with E-state index in [-0.39, 0.29) is 6.04 Å². The van der Waals surface area contributed by atoms with E-state index in [0.717, 1.165) is 22.7 Å². The Balaban J connectivity index is 1.98. The van der Waals surface area contributed by atoms with Crippen LogP contribution in [0.1, 0.15) is 24.1 Å². The Hall–Kier alpha value is -1.58. The van der Waals surface area contributed by atoms with Gasteiger partial charge in [0, 0.05) is 35.6 Å². The third-order valence-electron chi connectivity index (χ3n) is 2.83. The fourth-order valence-corrected chi connectivity index (χ4v) is 2.08. The third kappa shape index (κ3) is 3.00. The summed E-state index contributed by atoms with van der Waals surface area (Å²) in [6.07, 6.45) is 5.44. The van der Waals surface area contributed by atoms with E-state index in [2.05, 4.69) is 23.9 Å². The van der Waals surface area contributed by atoms with Crippen molar-refractivity contribution < 1.29 is 0 Å². The molecule has 18 heavy (non-hydrogen) atoms. The van der Waals surface area contributed by atoms with Gasteiger partial charge in [0.15, 0.2) is 0 Å². The molecule has 0 fully saturated rings. The highest BCUT2D eigenvalue weighted by Crippen LogP contribution is 2.22. The molecular weight excluding hydrogens is 246 g/mol. The summed E-state index contributed by atoms with van der Waals surface area (Å²) in [5.74, 6) is 0. The van der Waals surface area contributed by atoms with Crippen LogP contribution in [0.2, 0.25) is 5.02 Å². The van der Waals surface area contributed by atoms with E-state index in [0.29, 0.717) is 0 Å². The Labute approximate surface area is 112 Å². The van der Waals surface area contributed by atoms with E-state index in [4.69, 9.17) is 11.6 Å². The lowest BCUT2D eigenvalue weighted by Gasteiger charge is -2.14. The minimum absolute atomic E-state index is 0.200. The number of halogens is 1. The summed E-state index contributed by atoms with van der Waals surface area (Å²) in [6, 6.07) is 8.07. The zero-order chi connectivity index (χ0) is 13.0. The molecule has 3 nitrogen and oxygen atoms in total. The monoisotopic (exact) mass is 261 g/mol. The van der Waals surface area contributed by atoms with Gasteiger partial charge in [-0.25, -0.2) is 4.68 Å². The third-order valence-corrected chi connectivity index (χ3v) is 3.17. The van der Waals surface area contributed by atoms with E-state index < -0.39 is 0 Å². The van der Waals surface area contributed by atoms with Crippen LogP contribution in [0.3, 0.4) is 0 Å². The predicted molar refractivity (Wildman–Crippen MR) is 75.3 cm³/mol. The lowest BCUT2D eigenvalue weighted by molar-refractivity contribution is 0.575. The van der Waals surface area contributed by atoms with Gasteiger partial charge in [0.2, 0.25) is 0 Å². The standard InChI is InChI=1S/C14H16ClN3/c1-3-18-10-12(9-17-18)8-16-11(2)13-6-4-5-7-14(13)15/h3-7,9-11,16H,1,8H2,2H3. The van der Waals surface area contributed by atoms with Gasteiger partial charge in [0.25, 0.3) is 0 Å². The summed E-state index contributed by atoms with van der Waals surface area (Å²) in [4.78, 5) is 0. The van der Waals surface area contributed by atoms with Crippen molar-refractivity contribution in [2.75, 3.05) is 0 Å². The van der Waals surface area contributed by atoms with E-state index >= 15 is 0 Å². The van der Waals surface area contributed by atoms with Crippen LogP contribution >= 0.6 is 11.6 Å². The van der Waals surface area contributed by atoms with Crippen LogP contribution in [0.25, 0.3) is 6.20 Å². The van der Waals surface area contributed by atoms with Gasteiger partial charge in [-0.15, -0.1) is 0 Å². The lowest BCUT2D eigenvalue weighted by Crippen LogP contribution is -2.18. The molecule has 1 heterocycles. The van der Waals surface area contributed by atoms with Crippen molar-refractivity contribution in [2.24, 2.45) is 0 Å².